The van der Waals surface area contributed by atoms with Crippen LogP contribution in [0.15, 0.2) is 52.2 Å². The maximum atomic E-state index is 14.2. The molecule has 1 saturated carbocycles. The molecule has 12 heteroatoms. The third-order valence-electron chi connectivity index (χ3n) is 5.17. The largest absolute Gasteiger partial charge is 0.454 e. The van der Waals surface area contributed by atoms with Crippen LogP contribution in [0.1, 0.15) is 16.6 Å². The number of fused-ring (bicyclic) bond motifs is 1. The van der Waals surface area contributed by atoms with Crippen molar-refractivity contribution in [2.75, 3.05) is 13.7 Å². The van der Waals surface area contributed by atoms with E-state index in [2.05, 4.69) is 4.74 Å². The number of aromatic nitrogens is 2. The molecule has 5 atom stereocenters. The number of esters is 1. The number of hydrogen-bond donors (Lipinski definition) is 2. The number of ether oxygens (including phenoxy) is 4. The van der Waals surface area contributed by atoms with Crippen LogP contribution < -0.4 is 17.0 Å². The average Bonchev–Trinajstić information content (AvgIpc) is 3.15. The number of halogens is 2. The van der Waals surface area contributed by atoms with Gasteiger partial charge in [0.25, 0.3) is 5.56 Å². The third-order valence-corrected chi connectivity index (χ3v) is 5.17. The maximum absolute atomic E-state index is 14.2. The van der Waals surface area contributed by atoms with Gasteiger partial charge in [0.2, 0.25) is 0 Å². The summed E-state index contributed by atoms with van der Waals surface area (Å²) in [5.41, 5.74) is 3.30. The summed E-state index contributed by atoms with van der Waals surface area (Å²) >= 11 is 0. The molecule has 10 nitrogen and oxygen atoms in total. The van der Waals surface area contributed by atoms with Gasteiger partial charge in [0.15, 0.2) is 12.3 Å². The van der Waals surface area contributed by atoms with Gasteiger partial charge in [-0.25, -0.2) is 9.59 Å². The molecule has 4 rings (SSSR count). The lowest BCUT2D eigenvalue weighted by Crippen LogP contribution is -2.51. The highest BCUT2D eigenvalue weighted by atomic mass is 19.3. The molecular formula is C19H19F2N3O7. The van der Waals surface area contributed by atoms with Crippen molar-refractivity contribution < 1.29 is 32.5 Å². The fourth-order valence-corrected chi connectivity index (χ4v) is 3.65. The van der Waals surface area contributed by atoms with E-state index in [1.807, 2.05) is 4.98 Å². The van der Waals surface area contributed by atoms with Crippen LogP contribution in [0.25, 0.3) is 0 Å². The van der Waals surface area contributed by atoms with Gasteiger partial charge < -0.3 is 24.7 Å². The molecule has 2 aromatic rings. The van der Waals surface area contributed by atoms with Gasteiger partial charge in [-0.1, -0.05) is 18.2 Å². The van der Waals surface area contributed by atoms with E-state index in [0.29, 0.717) is 0 Å². The SMILES string of the molecule is COCC(F)(F)O[C@H]1[C@H](n2ccc(=O)[nH]c2=O)O[C@@H]2C(OC(=O)c3ccccc3)[C@@]21N. The summed E-state index contributed by atoms with van der Waals surface area (Å²) in [4.78, 5) is 37.9. The molecule has 0 radical (unpaired) electrons. The molecule has 3 N–H and O–H groups in total. The van der Waals surface area contributed by atoms with Crippen molar-refractivity contribution in [1.29, 1.82) is 0 Å². The van der Waals surface area contributed by atoms with E-state index in [-0.39, 0.29) is 5.56 Å². The monoisotopic (exact) mass is 439 g/mol. The smallest absolute Gasteiger partial charge is 0.379 e. The first-order valence-electron chi connectivity index (χ1n) is 9.24. The fourth-order valence-electron chi connectivity index (χ4n) is 3.65. The number of rotatable bonds is 7. The van der Waals surface area contributed by atoms with Gasteiger partial charge in [-0.3, -0.25) is 14.3 Å². The average molecular weight is 439 g/mol. The molecule has 2 heterocycles. The lowest BCUT2D eigenvalue weighted by Gasteiger charge is -2.31. The first kappa shape index (κ1) is 21.3. The number of hydrogen-bond acceptors (Lipinski definition) is 8. The third kappa shape index (κ3) is 3.78. The second kappa shape index (κ2) is 7.64. The predicted molar refractivity (Wildman–Crippen MR) is 99.5 cm³/mol. The van der Waals surface area contributed by atoms with Crippen molar-refractivity contribution in [3.8, 4) is 0 Å². The van der Waals surface area contributed by atoms with Crippen LogP contribution in [0.2, 0.25) is 0 Å². The number of nitrogens with zero attached hydrogens (tertiary/aromatic N) is 1. The molecule has 0 spiro atoms. The number of carbonyl (C=O) groups excluding carboxylic acids is 1. The fraction of sp³-hybridized carbons (Fsp3) is 0.421. The zero-order chi connectivity index (χ0) is 22.4. The van der Waals surface area contributed by atoms with Crippen LogP contribution in [0, 0.1) is 0 Å². The Bertz CT molecular complexity index is 1090. The summed E-state index contributed by atoms with van der Waals surface area (Å²) < 4.78 is 49.8. The van der Waals surface area contributed by atoms with Gasteiger partial charge in [0, 0.05) is 19.4 Å². The zero-order valence-corrected chi connectivity index (χ0v) is 16.2. The Morgan fingerprint density at radius 3 is 2.61 bits per heavy atom. The van der Waals surface area contributed by atoms with E-state index in [4.69, 9.17) is 19.9 Å². The summed E-state index contributed by atoms with van der Waals surface area (Å²) in [6.07, 6.45) is -7.78. The van der Waals surface area contributed by atoms with Crippen LogP contribution in [0.5, 0.6) is 0 Å². The zero-order valence-electron chi connectivity index (χ0n) is 16.2. The molecule has 1 aliphatic heterocycles. The Morgan fingerprint density at radius 1 is 1.26 bits per heavy atom. The van der Waals surface area contributed by atoms with E-state index in [9.17, 15) is 23.2 Å². The van der Waals surface area contributed by atoms with Gasteiger partial charge in [-0.2, -0.15) is 8.78 Å². The van der Waals surface area contributed by atoms with E-state index < -0.39 is 60.0 Å². The van der Waals surface area contributed by atoms with Crippen molar-refractivity contribution in [3.63, 3.8) is 0 Å². The molecule has 0 bridgehead atoms. The van der Waals surface area contributed by atoms with Gasteiger partial charge in [-0.15, -0.1) is 0 Å². The van der Waals surface area contributed by atoms with Crippen molar-refractivity contribution in [2.24, 2.45) is 5.73 Å². The quantitative estimate of drug-likeness (QED) is 0.576. The summed E-state index contributed by atoms with van der Waals surface area (Å²) in [5.74, 6) is -0.714. The van der Waals surface area contributed by atoms with Crippen molar-refractivity contribution in [1.82, 2.24) is 9.55 Å². The summed E-state index contributed by atoms with van der Waals surface area (Å²) in [6.45, 7) is -1.08. The predicted octanol–water partition coefficient (Wildman–Crippen LogP) is -0.00490. The number of alkyl halides is 2. The standard InChI is InChI=1S/C19H19F2N3O7/c1-28-9-18(20,21)31-14-15(24-8-7-11(25)23-17(24)27)29-12-13(19(12,14)22)30-16(26)10-5-3-2-4-6-10/h2-8,12-15H,9,22H2,1H3,(H,23,25,27)/t12-,13?,14+,15-,19+/m1/s1. The van der Waals surface area contributed by atoms with Crippen molar-refractivity contribution >= 4 is 5.97 Å². The van der Waals surface area contributed by atoms with E-state index >= 15 is 0 Å². The lowest BCUT2D eigenvalue weighted by atomic mass is 10.1. The number of methoxy groups -OCH3 is 1. The number of aromatic amines is 1. The number of nitrogens with one attached hydrogen (secondary N) is 1. The first-order chi connectivity index (χ1) is 14.7. The summed E-state index contributed by atoms with van der Waals surface area (Å²) in [5, 5.41) is 0. The van der Waals surface area contributed by atoms with Crippen LogP contribution in [-0.4, -0.2) is 59.2 Å². The number of nitrogens with two attached hydrogens (primary N) is 1. The molecule has 2 aliphatic rings. The minimum Gasteiger partial charge on any atom is -0.454 e. The number of benzene rings is 1. The van der Waals surface area contributed by atoms with E-state index in [1.54, 1.807) is 18.2 Å². The van der Waals surface area contributed by atoms with Gasteiger partial charge in [0.1, 0.15) is 24.4 Å². The van der Waals surface area contributed by atoms with Crippen LogP contribution >= 0.6 is 0 Å². The molecular weight excluding hydrogens is 420 g/mol. The first-order valence-corrected chi connectivity index (χ1v) is 9.24. The second-order valence-electron chi connectivity index (χ2n) is 7.27. The topological polar surface area (TPSA) is 135 Å². The summed E-state index contributed by atoms with van der Waals surface area (Å²) in [7, 11) is 1.06. The highest BCUT2D eigenvalue weighted by Gasteiger charge is 2.79. The Hall–Kier alpha value is -2.93. The molecule has 166 valence electrons. The van der Waals surface area contributed by atoms with Crippen molar-refractivity contribution in [3.05, 3.63) is 69.0 Å². The Kier molecular flexibility index (Phi) is 5.25. The molecule has 1 aromatic carbocycles. The van der Waals surface area contributed by atoms with E-state index in [1.165, 1.54) is 12.1 Å². The highest BCUT2D eigenvalue weighted by molar-refractivity contribution is 5.89. The lowest BCUT2D eigenvalue weighted by molar-refractivity contribution is -0.301. The van der Waals surface area contributed by atoms with Gasteiger partial charge in [0.05, 0.1) is 5.56 Å². The summed E-state index contributed by atoms with van der Waals surface area (Å²) in [6, 6.07) is 9.05. The minimum atomic E-state index is -3.77. The Labute approximate surface area is 173 Å². The van der Waals surface area contributed by atoms with Crippen LogP contribution in [0.3, 0.4) is 0 Å². The van der Waals surface area contributed by atoms with Crippen molar-refractivity contribution in [2.45, 2.75) is 36.2 Å². The van der Waals surface area contributed by atoms with Gasteiger partial charge in [-0.05, 0) is 12.1 Å². The molecule has 1 unspecified atom stereocenters. The molecule has 1 saturated heterocycles. The molecule has 2 fully saturated rings. The minimum absolute atomic E-state index is 0.242. The second-order valence-corrected chi connectivity index (χ2v) is 7.27. The molecule has 1 aromatic heterocycles. The van der Waals surface area contributed by atoms with E-state index in [0.717, 1.165) is 23.9 Å². The molecule has 1 aliphatic carbocycles. The van der Waals surface area contributed by atoms with Crippen LogP contribution in [0.4, 0.5) is 8.78 Å². The molecule has 0 amide bonds. The van der Waals surface area contributed by atoms with Gasteiger partial charge >= 0.3 is 17.8 Å². The number of H-pyrrole nitrogens is 1. The van der Waals surface area contributed by atoms with Crippen LogP contribution in [-0.2, 0) is 18.9 Å². The number of carbonyl (C=O) groups is 1. The highest BCUT2D eigenvalue weighted by Crippen LogP contribution is 2.55. The Morgan fingerprint density at radius 2 is 1.97 bits per heavy atom. The maximum Gasteiger partial charge on any atom is 0.379 e. The normalized spacial score (nSPS) is 29.4. The Balaban J connectivity index is 1.62. The molecule has 31 heavy (non-hydrogen) atoms.